The molecule has 6 nitrogen and oxygen atoms in total. The average Bonchev–Trinajstić information content (AvgIpc) is 3.16. The van der Waals surface area contributed by atoms with Crippen LogP contribution in [0.3, 0.4) is 0 Å². The molecule has 2 aromatic heterocycles. The van der Waals surface area contributed by atoms with Crippen molar-refractivity contribution >= 4 is 16.7 Å². The van der Waals surface area contributed by atoms with Gasteiger partial charge in [0.1, 0.15) is 0 Å². The molecule has 0 spiro atoms. The van der Waals surface area contributed by atoms with Crippen molar-refractivity contribution in [2.75, 3.05) is 25.0 Å². The number of aromatic amines is 1. The van der Waals surface area contributed by atoms with E-state index in [1.54, 1.807) is 6.20 Å². The van der Waals surface area contributed by atoms with Gasteiger partial charge in [-0.05, 0) is 50.8 Å². The number of aryl methyl sites for hydroxylation is 1. The van der Waals surface area contributed by atoms with Gasteiger partial charge in [-0.2, -0.15) is 0 Å². The van der Waals surface area contributed by atoms with Crippen molar-refractivity contribution in [3.05, 3.63) is 34.2 Å². The molecule has 3 heterocycles. The highest BCUT2D eigenvalue weighted by molar-refractivity contribution is 5.88. The molecular weight excluding hydrogens is 328 g/mol. The van der Waals surface area contributed by atoms with E-state index in [2.05, 4.69) is 20.6 Å². The molecule has 1 saturated heterocycles. The highest BCUT2D eigenvalue weighted by Crippen LogP contribution is 2.26. The van der Waals surface area contributed by atoms with Gasteiger partial charge in [-0.3, -0.25) is 4.79 Å². The van der Waals surface area contributed by atoms with Crippen molar-refractivity contribution in [2.45, 2.75) is 51.2 Å². The van der Waals surface area contributed by atoms with Gasteiger partial charge in [0, 0.05) is 30.3 Å². The molecule has 2 aliphatic rings. The summed E-state index contributed by atoms with van der Waals surface area (Å²) in [5, 5.41) is 7.98. The van der Waals surface area contributed by atoms with Gasteiger partial charge in [-0.1, -0.05) is 12.8 Å². The van der Waals surface area contributed by atoms with E-state index in [4.69, 9.17) is 4.74 Å². The smallest absolute Gasteiger partial charge is 0.251 e. The summed E-state index contributed by atoms with van der Waals surface area (Å²) < 4.78 is 6.28. The zero-order valence-electron chi connectivity index (χ0n) is 15.4. The molecule has 3 N–H and O–H groups in total. The summed E-state index contributed by atoms with van der Waals surface area (Å²) in [6.07, 6.45) is 8.16. The molecule has 0 amide bonds. The van der Waals surface area contributed by atoms with Gasteiger partial charge in [0.25, 0.3) is 5.56 Å². The summed E-state index contributed by atoms with van der Waals surface area (Å²) in [6, 6.07) is 4.04. The number of pyridine rings is 2. The zero-order valence-corrected chi connectivity index (χ0v) is 15.4. The lowest BCUT2D eigenvalue weighted by Crippen LogP contribution is -2.49. The second-order valence-electron chi connectivity index (χ2n) is 7.67. The molecule has 0 bridgehead atoms. The van der Waals surface area contributed by atoms with Gasteiger partial charge in [0.05, 0.1) is 17.7 Å². The van der Waals surface area contributed by atoms with Crippen LogP contribution in [0.2, 0.25) is 0 Å². The predicted molar refractivity (Wildman–Crippen MR) is 104 cm³/mol. The largest absolute Gasteiger partial charge is 0.374 e. The van der Waals surface area contributed by atoms with Crippen molar-refractivity contribution in [1.29, 1.82) is 0 Å². The van der Waals surface area contributed by atoms with E-state index in [1.165, 1.54) is 25.7 Å². The molecule has 2 atom stereocenters. The molecule has 0 aromatic carbocycles. The predicted octanol–water partition coefficient (Wildman–Crippen LogP) is 2.58. The third kappa shape index (κ3) is 3.76. The van der Waals surface area contributed by atoms with E-state index in [0.29, 0.717) is 11.5 Å². The molecule has 140 valence electrons. The molecule has 2 fully saturated rings. The fourth-order valence-corrected chi connectivity index (χ4v) is 4.13. The number of aromatic nitrogens is 2. The first kappa shape index (κ1) is 17.5. The van der Waals surface area contributed by atoms with Crippen LogP contribution in [0.5, 0.6) is 0 Å². The minimum atomic E-state index is -0.0621. The molecule has 1 aliphatic carbocycles. The standard InChI is InChI=1S/C20H28N4O2/c1-13-10-15-6-9-22-19(18(15)24-20(13)25)23-16-7-8-21-11-17(16)26-12-14-4-2-3-5-14/h6,9-10,14,16-17,21H,2-5,7-8,11-12H2,1H3,(H,22,23)(H,24,25)/t16-,17-/m1/s1. The maximum Gasteiger partial charge on any atom is 0.251 e. The van der Waals surface area contributed by atoms with E-state index < -0.39 is 0 Å². The van der Waals surface area contributed by atoms with Crippen LogP contribution in [0.15, 0.2) is 23.1 Å². The fraction of sp³-hybridized carbons (Fsp3) is 0.600. The summed E-state index contributed by atoms with van der Waals surface area (Å²) in [5.41, 5.74) is 1.43. The number of H-pyrrole nitrogens is 1. The van der Waals surface area contributed by atoms with Crippen LogP contribution in [-0.2, 0) is 4.74 Å². The maximum atomic E-state index is 12.0. The maximum absolute atomic E-state index is 12.0. The van der Waals surface area contributed by atoms with Crippen LogP contribution < -0.4 is 16.2 Å². The average molecular weight is 356 g/mol. The monoisotopic (exact) mass is 356 g/mol. The number of hydrogen-bond donors (Lipinski definition) is 3. The van der Waals surface area contributed by atoms with Gasteiger partial charge in [-0.25, -0.2) is 4.98 Å². The second kappa shape index (κ2) is 7.76. The first-order chi connectivity index (χ1) is 12.7. The van der Waals surface area contributed by atoms with Crippen molar-refractivity contribution in [3.63, 3.8) is 0 Å². The lowest BCUT2D eigenvalue weighted by Gasteiger charge is -2.34. The van der Waals surface area contributed by atoms with Gasteiger partial charge in [0.2, 0.25) is 0 Å². The van der Waals surface area contributed by atoms with E-state index in [9.17, 15) is 4.79 Å². The number of anilines is 1. The van der Waals surface area contributed by atoms with E-state index in [-0.39, 0.29) is 17.7 Å². The van der Waals surface area contributed by atoms with Gasteiger partial charge >= 0.3 is 0 Å². The number of rotatable bonds is 5. The Balaban J connectivity index is 1.51. The van der Waals surface area contributed by atoms with E-state index in [0.717, 1.165) is 42.8 Å². The van der Waals surface area contributed by atoms with Crippen LogP contribution >= 0.6 is 0 Å². The topological polar surface area (TPSA) is 79.0 Å². The summed E-state index contributed by atoms with van der Waals surface area (Å²) in [5.74, 6) is 1.45. The lowest BCUT2D eigenvalue weighted by atomic mass is 10.0. The Morgan fingerprint density at radius 1 is 1.31 bits per heavy atom. The molecule has 0 radical (unpaired) electrons. The van der Waals surface area contributed by atoms with Gasteiger partial charge in [0.15, 0.2) is 5.82 Å². The highest BCUT2D eigenvalue weighted by atomic mass is 16.5. The molecular formula is C20H28N4O2. The Bertz CT molecular complexity index is 813. The van der Waals surface area contributed by atoms with Gasteiger partial charge in [-0.15, -0.1) is 0 Å². The molecule has 26 heavy (non-hydrogen) atoms. The minimum Gasteiger partial charge on any atom is -0.374 e. The van der Waals surface area contributed by atoms with Crippen molar-refractivity contribution in [3.8, 4) is 0 Å². The summed E-state index contributed by atoms with van der Waals surface area (Å²) in [7, 11) is 0. The third-order valence-electron chi connectivity index (χ3n) is 5.72. The number of nitrogens with zero attached hydrogens (tertiary/aromatic N) is 1. The van der Waals surface area contributed by atoms with Crippen LogP contribution in [0.25, 0.3) is 10.9 Å². The SMILES string of the molecule is Cc1cc2ccnc(N[C@@H]3CCNC[C@H]3OCC3CCCC3)c2[nH]c1=O. The molecule has 4 rings (SSSR count). The van der Waals surface area contributed by atoms with Crippen molar-refractivity contribution in [1.82, 2.24) is 15.3 Å². The Kier molecular flexibility index (Phi) is 5.22. The molecule has 1 aliphatic heterocycles. The Labute approximate surface area is 153 Å². The first-order valence-corrected chi connectivity index (χ1v) is 9.78. The van der Waals surface area contributed by atoms with Crippen molar-refractivity contribution in [2.24, 2.45) is 5.92 Å². The number of nitrogens with one attached hydrogen (secondary N) is 3. The highest BCUT2D eigenvalue weighted by Gasteiger charge is 2.28. The van der Waals surface area contributed by atoms with Crippen LogP contribution in [-0.4, -0.2) is 41.8 Å². The number of piperidine rings is 1. The number of hydrogen-bond acceptors (Lipinski definition) is 5. The van der Waals surface area contributed by atoms with E-state index >= 15 is 0 Å². The molecule has 1 saturated carbocycles. The van der Waals surface area contributed by atoms with Gasteiger partial charge < -0.3 is 20.4 Å². The Morgan fingerprint density at radius 2 is 2.15 bits per heavy atom. The lowest BCUT2D eigenvalue weighted by molar-refractivity contribution is 0.00945. The molecule has 0 unspecified atom stereocenters. The van der Waals surface area contributed by atoms with Crippen LogP contribution in [0.1, 0.15) is 37.7 Å². The zero-order chi connectivity index (χ0) is 17.9. The molecule has 2 aromatic rings. The normalized spacial score (nSPS) is 24.2. The first-order valence-electron chi connectivity index (χ1n) is 9.78. The summed E-state index contributed by atoms with van der Waals surface area (Å²) in [6.45, 7) is 4.49. The second-order valence-corrected chi connectivity index (χ2v) is 7.67. The summed E-state index contributed by atoms with van der Waals surface area (Å²) >= 11 is 0. The molecule has 6 heteroatoms. The van der Waals surface area contributed by atoms with Crippen LogP contribution in [0, 0.1) is 12.8 Å². The number of ether oxygens (including phenoxy) is 1. The quantitative estimate of drug-likeness (QED) is 0.767. The third-order valence-corrected chi connectivity index (χ3v) is 5.72. The number of fused-ring (bicyclic) bond motifs is 1. The van der Waals surface area contributed by atoms with Crippen LogP contribution in [0.4, 0.5) is 5.82 Å². The fourth-order valence-electron chi connectivity index (χ4n) is 4.13. The Hall–Kier alpha value is -1.92. The van der Waals surface area contributed by atoms with Crippen molar-refractivity contribution < 1.29 is 4.74 Å². The summed E-state index contributed by atoms with van der Waals surface area (Å²) in [4.78, 5) is 19.5. The van der Waals surface area contributed by atoms with E-state index in [1.807, 2.05) is 19.1 Å². The Morgan fingerprint density at radius 3 is 3.00 bits per heavy atom. The minimum absolute atomic E-state index is 0.0621.